The number of unbranched alkanes of at least 4 members (excludes halogenated alkanes) is 53. The van der Waals surface area contributed by atoms with E-state index in [0.717, 1.165) is 32.1 Å². The predicted octanol–water partition coefficient (Wildman–Crippen LogP) is 22.8. The van der Waals surface area contributed by atoms with Crippen molar-refractivity contribution in [2.45, 2.75) is 392 Å². The summed E-state index contributed by atoms with van der Waals surface area (Å²) < 4.78 is 33.1. The van der Waals surface area contributed by atoms with Crippen molar-refractivity contribution < 1.29 is 37.6 Å². The van der Waals surface area contributed by atoms with E-state index in [4.69, 9.17) is 24.3 Å². The third-order valence-electron chi connectivity index (χ3n) is 16.2. The van der Waals surface area contributed by atoms with Gasteiger partial charge >= 0.3 is 19.8 Å². The Morgan fingerprint density at radius 1 is 0.367 bits per heavy atom. The zero-order valence-corrected chi connectivity index (χ0v) is 53.8. The van der Waals surface area contributed by atoms with Crippen molar-refractivity contribution in [2.24, 2.45) is 5.73 Å². The molecule has 0 rings (SSSR count). The SMILES string of the molecule is CCCCCCCCCC/C=C\CCCCCCCCCCCCCCCCCCCCCCCCCCCCCCCC(=O)OC(COC(=O)CCCCCCCCCCCCCCCCCCC)COP(=O)(O)OCCN. The molecule has 0 aromatic heterocycles. The highest BCUT2D eigenvalue weighted by molar-refractivity contribution is 7.47. The summed E-state index contributed by atoms with van der Waals surface area (Å²) in [5, 5.41) is 0. The second-order valence-electron chi connectivity index (χ2n) is 24.1. The molecule has 0 fully saturated rings. The number of allylic oxidation sites excluding steroid dienone is 2. The number of carbonyl (C=O) groups is 2. The zero-order valence-electron chi connectivity index (χ0n) is 52.9. The van der Waals surface area contributed by atoms with Gasteiger partial charge in [0.15, 0.2) is 6.10 Å². The standard InChI is InChI=1S/C69H136NO8P/c1-3-5-7-9-11-13-15-17-19-21-22-23-24-25-26-27-28-29-30-31-32-33-34-35-36-37-38-39-40-41-42-43-44-46-48-50-52-54-56-58-60-62-69(72)78-67(66-77-79(73,74)76-64-63-70)65-75-68(71)61-59-57-55-53-51-49-47-45-20-18-16-14-12-10-8-6-4-2/h21-22,67H,3-20,23-66,70H2,1-2H3,(H,73,74)/b22-21-. The van der Waals surface area contributed by atoms with E-state index in [0.29, 0.717) is 6.42 Å². The number of phosphoric ester groups is 1. The van der Waals surface area contributed by atoms with Gasteiger partial charge in [-0.1, -0.05) is 347 Å². The van der Waals surface area contributed by atoms with Gasteiger partial charge in [0.2, 0.25) is 0 Å². The molecule has 0 aliphatic carbocycles. The van der Waals surface area contributed by atoms with Crippen molar-refractivity contribution in [2.75, 3.05) is 26.4 Å². The lowest BCUT2D eigenvalue weighted by Gasteiger charge is -2.19. The molecule has 3 N–H and O–H groups in total. The Morgan fingerprint density at radius 3 is 0.899 bits per heavy atom. The second-order valence-corrected chi connectivity index (χ2v) is 25.6. The molecule has 0 bridgehead atoms. The van der Waals surface area contributed by atoms with Crippen molar-refractivity contribution >= 4 is 19.8 Å². The van der Waals surface area contributed by atoms with Crippen LogP contribution >= 0.6 is 7.82 Å². The molecular formula is C69H136NO8P. The number of phosphoric acid groups is 1. The summed E-state index contributed by atoms with van der Waals surface area (Å²) in [6.45, 7) is 3.82. The molecule has 0 spiro atoms. The van der Waals surface area contributed by atoms with Crippen LogP contribution in [0.5, 0.6) is 0 Å². The van der Waals surface area contributed by atoms with Crippen LogP contribution in [0.2, 0.25) is 0 Å². The Hall–Kier alpha value is -1.25. The molecule has 79 heavy (non-hydrogen) atoms. The van der Waals surface area contributed by atoms with Crippen molar-refractivity contribution in [3.63, 3.8) is 0 Å². The minimum Gasteiger partial charge on any atom is -0.462 e. The number of nitrogens with two attached hydrogens (primary N) is 1. The van der Waals surface area contributed by atoms with Crippen LogP contribution in [0.3, 0.4) is 0 Å². The number of ether oxygens (including phenoxy) is 2. The third kappa shape index (κ3) is 65.8. The molecule has 0 aliphatic heterocycles. The van der Waals surface area contributed by atoms with E-state index in [1.165, 1.54) is 321 Å². The highest BCUT2D eigenvalue weighted by Gasteiger charge is 2.26. The van der Waals surface area contributed by atoms with Crippen molar-refractivity contribution in [1.29, 1.82) is 0 Å². The van der Waals surface area contributed by atoms with Gasteiger partial charge in [0.25, 0.3) is 0 Å². The van der Waals surface area contributed by atoms with Gasteiger partial charge in [-0.25, -0.2) is 4.57 Å². The second kappa shape index (κ2) is 65.9. The fourth-order valence-electron chi connectivity index (χ4n) is 10.9. The molecule has 0 aromatic rings. The quantitative estimate of drug-likeness (QED) is 0.0264. The minimum absolute atomic E-state index is 0.0581. The maximum atomic E-state index is 12.7. The molecule has 0 amide bonds. The van der Waals surface area contributed by atoms with Gasteiger partial charge in [-0.15, -0.1) is 0 Å². The van der Waals surface area contributed by atoms with E-state index in [-0.39, 0.29) is 38.6 Å². The molecule has 470 valence electrons. The normalized spacial score (nSPS) is 12.9. The Bertz CT molecular complexity index is 1300. The first kappa shape index (κ1) is 77.8. The lowest BCUT2D eigenvalue weighted by atomic mass is 10.0. The molecule has 10 heteroatoms. The van der Waals surface area contributed by atoms with Crippen LogP contribution in [-0.4, -0.2) is 49.3 Å². The van der Waals surface area contributed by atoms with Crippen LogP contribution in [0.4, 0.5) is 0 Å². The number of esters is 2. The predicted molar refractivity (Wildman–Crippen MR) is 340 cm³/mol. The van der Waals surface area contributed by atoms with Crippen molar-refractivity contribution in [1.82, 2.24) is 0 Å². The van der Waals surface area contributed by atoms with Crippen molar-refractivity contribution in [3.05, 3.63) is 12.2 Å². The van der Waals surface area contributed by atoms with Crippen LogP contribution in [0.25, 0.3) is 0 Å². The first-order valence-electron chi connectivity index (χ1n) is 35.2. The largest absolute Gasteiger partial charge is 0.472 e. The fraction of sp³-hybridized carbons (Fsp3) is 0.942. The molecule has 0 aromatic carbocycles. The fourth-order valence-corrected chi connectivity index (χ4v) is 11.7. The molecule has 9 nitrogen and oxygen atoms in total. The molecule has 0 radical (unpaired) electrons. The van der Waals surface area contributed by atoms with Gasteiger partial charge in [-0.2, -0.15) is 0 Å². The molecular weight excluding hydrogens is 1000 g/mol. The average Bonchev–Trinajstić information content (AvgIpc) is 3.44. The molecule has 0 saturated heterocycles. The summed E-state index contributed by atoms with van der Waals surface area (Å²) in [5.74, 6) is -0.802. The lowest BCUT2D eigenvalue weighted by Crippen LogP contribution is -2.29. The van der Waals surface area contributed by atoms with Gasteiger partial charge in [0.05, 0.1) is 13.2 Å². The summed E-state index contributed by atoms with van der Waals surface area (Å²) in [6, 6.07) is 0. The molecule has 0 aliphatic rings. The Balaban J connectivity index is 3.70. The van der Waals surface area contributed by atoms with E-state index < -0.39 is 26.5 Å². The van der Waals surface area contributed by atoms with Gasteiger partial charge in [-0.3, -0.25) is 18.6 Å². The van der Waals surface area contributed by atoms with E-state index in [9.17, 15) is 19.0 Å². The first-order chi connectivity index (χ1) is 38.8. The van der Waals surface area contributed by atoms with Crippen LogP contribution in [0.1, 0.15) is 386 Å². The van der Waals surface area contributed by atoms with E-state index in [1.54, 1.807) is 0 Å². The molecule has 2 unspecified atom stereocenters. The van der Waals surface area contributed by atoms with Crippen LogP contribution in [0, 0.1) is 0 Å². The van der Waals surface area contributed by atoms with Crippen LogP contribution in [0.15, 0.2) is 12.2 Å². The summed E-state index contributed by atoms with van der Waals surface area (Å²) in [5.41, 5.74) is 5.39. The van der Waals surface area contributed by atoms with Crippen LogP contribution in [-0.2, 0) is 32.7 Å². The first-order valence-corrected chi connectivity index (χ1v) is 36.7. The Morgan fingerprint density at radius 2 is 0.620 bits per heavy atom. The highest BCUT2D eigenvalue weighted by atomic mass is 31.2. The topological polar surface area (TPSA) is 134 Å². The molecule has 0 saturated carbocycles. The number of rotatable bonds is 68. The van der Waals surface area contributed by atoms with Gasteiger partial charge in [0.1, 0.15) is 6.61 Å². The maximum absolute atomic E-state index is 12.7. The monoisotopic (exact) mass is 1140 g/mol. The number of hydrogen-bond donors (Lipinski definition) is 2. The highest BCUT2D eigenvalue weighted by Crippen LogP contribution is 2.43. The van der Waals surface area contributed by atoms with Crippen LogP contribution < -0.4 is 5.73 Å². The Labute approximate surface area is 491 Å². The minimum atomic E-state index is -4.38. The summed E-state index contributed by atoms with van der Waals surface area (Å²) >= 11 is 0. The summed E-state index contributed by atoms with van der Waals surface area (Å²) in [6.07, 6.45) is 79.1. The van der Waals surface area contributed by atoms with E-state index in [1.807, 2.05) is 0 Å². The molecule has 2 atom stereocenters. The maximum Gasteiger partial charge on any atom is 0.472 e. The number of carbonyl (C=O) groups excluding carboxylic acids is 2. The van der Waals surface area contributed by atoms with E-state index in [2.05, 4.69) is 26.0 Å². The van der Waals surface area contributed by atoms with Gasteiger partial charge in [0, 0.05) is 19.4 Å². The Kier molecular flexibility index (Phi) is 64.9. The summed E-state index contributed by atoms with van der Waals surface area (Å²) in [4.78, 5) is 35.2. The summed E-state index contributed by atoms with van der Waals surface area (Å²) in [7, 11) is -4.38. The van der Waals surface area contributed by atoms with Crippen molar-refractivity contribution in [3.8, 4) is 0 Å². The third-order valence-corrected chi connectivity index (χ3v) is 17.1. The van der Waals surface area contributed by atoms with Gasteiger partial charge < -0.3 is 20.1 Å². The number of hydrogen-bond acceptors (Lipinski definition) is 8. The zero-order chi connectivity index (χ0) is 57.3. The molecule has 0 heterocycles. The van der Waals surface area contributed by atoms with Gasteiger partial charge in [-0.05, 0) is 38.5 Å². The smallest absolute Gasteiger partial charge is 0.462 e. The average molecular weight is 1140 g/mol. The van der Waals surface area contributed by atoms with E-state index >= 15 is 0 Å². The lowest BCUT2D eigenvalue weighted by molar-refractivity contribution is -0.161.